The molecule has 0 atom stereocenters. The summed E-state index contributed by atoms with van der Waals surface area (Å²) in [6.45, 7) is 1.80. The van der Waals surface area contributed by atoms with Crippen LogP contribution in [0, 0.1) is 0 Å². The molecule has 0 aliphatic heterocycles. The maximum Gasteiger partial charge on any atom is 0.249 e. The van der Waals surface area contributed by atoms with E-state index in [-0.39, 0.29) is 11.7 Å². The number of halogens is 1. The summed E-state index contributed by atoms with van der Waals surface area (Å²) in [5.41, 5.74) is 0.758. The molecule has 1 aromatic carbocycles. The van der Waals surface area contributed by atoms with Crippen LogP contribution in [-0.2, 0) is 11.3 Å². The molecule has 2 heterocycles. The fourth-order valence-corrected chi connectivity index (χ4v) is 2.47. The van der Waals surface area contributed by atoms with Gasteiger partial charge in [0.1, 0.15) is 5.76 Å². The smallest absolute Gasteiger partial charge is 0.249 e. The monoisotopic (exact) mass is 369 g/mol. The minimum absolute atomic E-state index is 0.130. The SMILES string of the molecule is CC(=O)c1ccc(Cn2ccc(NC(=O)/C=C\c3ccccc3Cl)n2)o1. The normalized spacial score (nSPS) is 11.0. The number of hydrogen-bond donors (Lipinski definition) is 1. The van der Waals surface area contributed by atoms with Gasteiger partial charge in [0.25, 0.3) is 0 Å². The Labute approximate surface area is 155 Å². The number of amides is 1. The molecule has 2 aromatic heterocycles. The van der Waals surface area contributed by atoms with E-state index in [0.717, 1.165) is 5.56 Å². The van der Waals surface area contributed by atoms with Gasteiger partial charge < -0.3 is 9.73 Å². The fraction of sp³-hybridized carbons (Fsp3) is 0.105. The Bertz CT molecular complexity index is 972. The van der Waals surface area contributed by atoms with Crippen molar-refractivity contribution >= 4 is 35.2 Å². The minimum Gasteiger partial charge on any atom is -0.456 e. The summed E-state index contributed by atoms with van der Waals surface area (Å²) >= 11 is 6.04. The number of aromatic nitrogens is 2. The third-order valence-corrected chi connectivity index (χ3v) is 3.88. The molecule has 0 spiro atoms. The van der Waals surface area contributed by atoms with E-state index in [1.54, 1.807) is 41.2 Å². The van der Waals surface area contributed by atoms with E-state index in [1.807, 2.05) is 18.2 Å². The Hall–Kier alpha value is -3.12. The number of Topliss-reactive ketones (excluding diaryl/α,β-unsaturated/α-hetero) is 1. The molecule has 3 aromatic rings. The Morgan fingerprint density at radius 2 is 2.04 bits per heavy atom. The summed E-state index contributed by atoms with van der Waals surface area (Å²) in [5, 5.41) is 7.50. The van der Waals surface area contributed by atoms with Gasteiger partial charge in [-0.05, 0) is 29.8 Å². The second kappa shape index (κ2) is 7.84. The topological polar surface area (TPSA) is 77.1 Å². The predicted molar refractivity (Wildman–Crippen MR) is 99.2 cm³/mol. The Morgan fingerprint density at radius 1 is 1.23 bits per heavy atom. The van der Waals surface area contributed by atoms with Gasteiger partial charge in [-0.3, -0.25) is 14.3 Å². The van der Waals surface area contributed by atoms with Gasteiger partial charge >= 0.3 is 0 Å². The molecular weight excluding hydrogens is 354 g/mol. The van der Waals surface area contributed by atoms with Crippen LogP contribution in [0.25, 0.3) is 6.08 Å². The standard InChI is InChI=1S/C19H16ClN3O3/c1-13(24)17-8-7-15(26-17)12-23-11-10-18(22-23)21-19(25)9-6-14-4-2-3-5-16(14)20/h2-11H,12H2,1H3,(H,21,22,25)/b9-6-. The predicted octanol–water partition coefficient (Wildman–Crippen LogP) is 4.03. The van der Waals surface area contributed by atoms with Gasteiger partial charge in [0.05, 0.1) is 6.54 Å². The molecule has 1 N–H and O–H groups in total. The van der Waals surface area contributed by atoms with Crippen molar-refractivity contribution in [2.45, 2.75) is 13.5 Å². The number of ketones is 1. The lowest BCUT2D eigenvalue weighted by atomic mass is 10.2. The van der Waals surface area contributed by atoms with E-state index in [4.69, 9.17) is 16.0 Å². The van der Waals surface area contributed by atoms with Gasteiger partial charge in [0.15, 0.2) is 17.4 Å². The molecule has 3 rings (SSSR count). The van der Waals surface area contributed by atoms with Crippen LogP contribution in [0.3, 0.4) is 0 Å². The highest BCUT2D eigenvalue weighted by Crippen LogP contribution is 2.16. The number of hydrogen-bond acceptors (Lipinski definition) is 4. The molecule has 0 unspecified atom stereocenters. The van der Waals surface area contributed by atoms with Gasteiger partial charge in [-0.15, -0.1) is 0 Å². The average Bonchev–Trinajstić information content (AvgIpc) is 3.24. The van der Waals surface area contributed by atoms with Crippen molar-refractivity contribution in [3.63, 3.8) is 0 Å². The molecular formula is C19H16ClN3O3. The molecule has 0 aliphatic rings. The average molecular weight is 370 g/mol. The molecule has 0 fully saturated rings. The van der Waals surface area contributed by atoms with Crippen LogP contribution in [0.4, 0.5) is 5.82 Å². The molecule has 26 heavy (non-hydrogen) atoms. The number of nitrogens with zero attached hydrogens (tertiary/aromatic N) is 2. The third kappa shape index (κ3) is 4.49. The first kappa shape index (κ1) is 17.7. The summed E-state index contributed by atoms with van der Waals surface area (Å²) < 4.78 is 7.02. The number of nitrogens with one attached hydrogen (secondary N) is 1. The molecule has 1 amide bonds. The fourth-order valence-electron chi connectivity index (χ4n) is 2.27. The van der Waals surface area contributed by atoms with Crippen molar-refractivity contribution in [1.29, 1.82) is 0 Å². The Kier molecular flexibility index (Phi) is 5.34. The summed E-state index contributed by atoms with van der Waals surface area (Å²) in [5.74, 6) is 0.888. The van der Waals surface area contributed by atoms with Crippen molar-refractivity contribution in [1.82, 2.24) is 9.78 Å². The van der Waals surface area contributed by atoms with Gasteiger partial charge in [0, 0.05) is 30.3 Å². The maximum absolute atomic E-state index is 12.0. The molecule has 0 bridgehead atoms. The lowest BCUT2D eigenvalue weighted by Gasteiger charge is -1.99. The summed E-state index contributed by atoms with van der Waals surface area (Å²) in [4.78, 5) is 23.2. The third-order valence-electron chi connectivity index (χ3n) is 3.54. The van der Waals surface area contributed by atoms with Crippen molar-refractivity contribution in [2.24, 2.45) is 0 Å². The first-order valence-electron chi connectivity index (χ1n) is 7.88. The number of furan rings is 1. The van der Waals surface area contributed by atoms with E-state index >= 15 is 0 Å². The summed E-state index contributed by atoms with van der Waals surface area (Å²) in [6, 6.07) is 12.3. The largest absolute Gasteiger partial charge is 0.456 e. The molecule has 6 nitrogen and oxygen atoms in total. The van der Waals surface area contributed by atoms with Crippen LogP contribution < -0.4 is 5.32 Å². The van der Waals surface area contributed by atoms with Crippen molar-refractivity contribution in [3.05, 3.63) is 76.8 Å². The molecule has 7 heteroatoms. The highest BCUT2D eigenvalue weighted by molar-refractivity contribution is 6.32. The summed E-state index contributed by atoms with van der Waals surface area (Å²) in [7, 11) is 0. The minimum atomic E-state index is -0.313. The van der Waals surface area contributed by atoms with Crippen LogP contribution in [-0.4, -0.2) is 21.5 Å². The molecule has 0 saturated heterocycles. The van der Waals surface area contributed by atoms with Crippen LogP contribution in [0.1, 0.15) is 28.8 Å². The highest BCUT2D eigenvalue weighted by atomic mass is 35.5. The Morgan fingerprint density at radius 3 is 2.77 bits per heavy atom. The zero-order chi connectivity index (χ0) is 18.5. The van der Waals surface area contributed by atoms with E-state index in [0.29, 0.717) is 28.9 Å². The van der Waals surface area contributed by atoms with Crippen molar-refractivity contribution < 1.29 is 14.0 Å². The highest BCUT2D eigenvalue weighted by Gasteiger charge is 2.08. The van der Waals surface area contributed by atoms with Crippen LogP contribution in [0.15, 0.2) is 59.2 Å². The van der Waals surface area contributed by atoms with Gasteiger partial charge in [-0.2, -0.15) is 5.10 Å². The lowest BCUT2D eigenvalue weighted by Crippen LogP contribution is -2.09. The van der Waals surface area contributed by atoms with E-state index in [9.17, 15) is 9.59 Å². The number of benzene rings is 1. The molecule has 0 saturated carbocycles. The first-order chi connectivity index (χ1) is 12.5. The van der Waals surface area contributed by atoms with Crippen LogP contribution >= 0.6 is 11.6 Å². The second-order valence-corrected chi connectivity index (χ2v) is 5.97. The maximum atomic E-state index is 12.0. The zero-order valence-corrected chi connectivity index (χ0v) is 14.7. The quantitative estimate of drug-likeness (QED) is 0.525. The number of rotatable bonds is 6. The van der Waals surface area contributed by atoms with Crippen LogP contribution in [0.5, 0.6) is 0 Å². The summed E-state index contributed by atoms with van der Waals surface area (Å²) in [6.07, 6.45) is 4.75. The van der Waals surface area contributed by atoms with Gasteiger partial charge in [-0.25, -0.2) is 0 Å². The van der Waals surface area contributed by atoms with E-state index < -0.39 is 0 Å². The first-order valence-corrected chi connectivity index (χ1v) is 8.26. The molecule has 0 aliphatic carbocycles. The van der Waals surface area contributed by atoms with E-state index in [2.05, 4.69) is 10.4 Å². The van der Waals surface area contributed by atoms with Crippen molar-refractivity contribution in [3.8, 4) is 0 Å². The Balaban J connectivity index is 1.60. The zero-order valence-electron chi connectivity index (χ0n) is 14.0. The number of carbonyl (C=O) groups is 2. The molecule has 132 valence electrons. The lowest BCUT2D eigenvalue weighted by molar-refractivity contribution is -0.111. The molecule has 0 radical (unpaired) electrons. The second-order valence-electron chi connectivity index (χ2n) is 5.56. The van der Waals surface area contributed by atoms with Crippen LogP contribution in [0.2, 0.25) is 5.02 Å². The number of carbonyl (C=O) groups excluding carboxylic acids is 2. The number of anilines is 1. The van der Waals surface area contributed by atoms with Crippen molar-refractivity contribution in [2.75, 3.05) is 5.32 Å². The van der Waals surface area contributed by atoms with E-state index in [1.165, 1.54) is 13.0 Å². The van der Waals surface area contributed by atoms with Gasteiger partial charge in [-0.1, -0.05) is 29.8 Å². The van der Waals surface area contributed by atoms with Gasteiger partial charge in [0.2, 0.25) is 5.91 Å².